The van der Waals surface area contributed by atoms with Crippen LogP contribution in [0.3, 0.4) is 0 Å². The Hall–Kier alpha value is -2.58. The zero-order valence-corrected chi connectivity index (χ0v) is 18.0. The van der Waals surface area contributed by atoms with E-state index in [1.165, 1.54) is 46.8 Å². The second kappa shape index (κ2) is 9.70. The third-order valence-corrected chi connectivity index (χ3v) is 7.80. The van der Waals surface area contributed by atoms with Gasteiger partial charge >= 0.3 is 0 Å². The van der Waals surface area contributed by atoms with Crippen LogP contribution in [0.1, 0.15) is 0 Å². The maximum atomic E-state index is 12.6. The molecule has 0 unspecified atom stereocenters. The van der Waals surface area contributed by atoms with Gasteiger partial charge in [-0.3, -0.25) is 10.1 Å². The molecule has 0 radical (unpaired) electrons. The van der Waals surface area contributed by atoms with E-state index in [0.717, 1.165) is 6.07 Å². The van der Waals surface area contributed by atoms with Gasteiger partial charge < -0.3 is 9.47 Å². The van der Waals surface area contributed by atoms with Crippen molar-refractivity contribution in [2.24, 2.45) is 0 Å². The van der Waals surface area contributed by atoms with Crippen LogP contribution in [0, 0.1) is 10.1 Å². The molecule has 1 fully saturated rings. The number of nitrogens with zero attached hydrogens (tertiary/aromatic N) is 2. The molecular weight excluding hydrogens is 450 g/mol. The summed E-state index contributed by atoms with van der Waals surface area (Å²) in [5, 5.41) is 10.8. The number of non-ortho nitro benzene ring substituents is 1. The molecule has 31 heavy (non-hydrogen) atoms. The van der Waals surface area contributed by atoms with Gasteiger partial charge in [0.15, 0.2) is 0 Å². The van der Waals surface area contributed by atoms with Crippen molar-refractivity contribution >= 4 is 25.7 Å². The van der Waals surface area contributed by atoms with Crippen LogP contribution in [-0.4, -0.2) is 65.5 Å². The molecule has 2 aromatic rings. The summed E-state index contributed by atoms with van der Waals surface area (Å²) in [6.45, 7) is 1.19. The number of benzene rings is 2. The number of ether oxygens (including phenoxy) is 2. The smallest absolute Gasteiger partial charge is 0.270 e. The first-order chi connectivity index (χ1) is 14.7. The molecule has 3 rings (SSSR count). The fourth-order valence-corrected chi connectivity index (χ4v) is 5.30. The summed E-state index contributed by atoms with van der Waals surface area (Å²) in [6, 6.07) is 10.5. The third kappa shape index (κ3) is 5.77. The quantitative estimate of drug-likeness (QED) is 0.323. The highest BCUT2D eigenvalue weighted by Gasteiger charge is 2.26. The van der Waals surface area contributed by atoms with Gasteiger partial charge in [0.1, 0.15) is 12.4 Å². The van der Waals surface area contributed by atoms with Gasteiger partial charge in [-0.05, 0) is 30.3 Å². The summed E-state index contributed by atoms with van der Waals surface area (Å²) < 4.78 is 63.9. The second-order valence-electron chi connectivity index (χ2n) is 6.49. The monoisotopic (exact) mass is 471 g/mol. The first kappa shape index (κ1) is 23.1. The molecular formula is C18H21N3O8S2. The molecule has 168 valence electrons. The Labute approximate surface area is 179 Å². The van der Waals surface area contributed by atoms with Gasteiger partial charge in [-0.1, -0.05) is 6.07 Å². The van der Waals surface area contributed by atoms with E-state index in [1.807, 2.05) is 0 Å². The molecule has 1 N–H and O–H groups in total. The normalized spacial score (nSPS) is 15.5. The highest BCUT2D eigenvalue weighted by molar-refractivity contribution is 7.89. The van der Waals surface area contributed by atoms with E-state index in [4.69, 9.17) is 9.47 Å². The lowest BCUT2D eigenvalue weighted by molar-refractivity contribution is -0.385. The molecule has 13 heteroatoms. The maximum absolute atomic E-state index is 12.6. The van der Waals surface area contributed by atoms with E-state index in [2.05, 4.69) is 4.72 Å². The lowest BCUT2D eigenvalue weighted by atomic mass is 10.3. The van der Waals surface area contributed by atoms with Gasteiger partial charge in [0, 0.05) is 31.8 Å². The Balaban J connectivity index is 1.54. The van der Waals surface area contributed by atoms with Gasteiger partial charge in [-0.2, -0.15) is 4.31 Å². The zero-order valence-electron chi connectivity index (χ0n) is 16.3. The summed E-state index contributed by atoms with van der Waals surface area (Å²) in [7, 11) is -7.54. The average Bonchev–Trinajstić information content (AvgIpc) is 2.78. The molecule has 1 saturated heterocycles. The lowest BCUT2D eigenvalue weighted by Gasteiger charge is -2.26. The molecule has 0 aliphatic carbocycles. The van der Waals surface area contributed by atoms with E-state index >= 15 is 0 Å². The Bertz CT molecular complexity index is 1130. The van der Waals surface area contributed by atoms with E-state index < -0.39 is 25.0 Å². The predicted molar refractivity (Wildman–Crippen MR) is 110 cm³/mol. The third-order valence-electron chi connectivity index (χ3n) is 4.43. The number of rotatable bonds is 9. The van der Waals surface area contributed by atoms with Gasteiger partial charge in [0.05, 0.1) is 27.9 Å². The minimum atomic E-state index is -3.94. The summed E-state index contributed by atoms with van der Waals surface area (Å²) in [6.07, 6.45) is 0. The van der Waals surface area contributed by atoms with Crippen LogP contribution >= 0.6 is 0 Å². The topological polar surface area (TPSA) is 145 Å². The molecule has 2 aromatic carbocycles. The molecule has 0 aromatic heterocycles. The van der Waals surface area contributed by atoms with Crippen molar-refractivity contribution in [3.63, 3.8) is 0 Å². The van der Waals surface area contributed by atoms with E-state index in [0.29, 0.717) is 32.1 Å². The van der Waals surface area contributed by atoms with Gasteiger partial charge in [-0.25, -0.2) is 21.6 Å². The first-order valence-corrected chi connectivity index (χ1v) is 12.2. The number of morpholine rings is 1. The van der Waals surface area contributed by atoms with Crippen LogP contribution < -0.4 is 9.46 Å². The van der Waals surface area contributed by atoms with Gasteiger partial charge in [0.2, 0.25) is 20.0 Å². The number of sulfonamides is 2. The van der Waals surface area contributed by atoms with Crippen LogP contribution in [0.5, 0.6) is 5.75 Å². The number of hydrogen-bond acceptors (Lipinski definition) is 8. The minimum absolute atomic E-state index is 0.0241. The molecule has 0 spiro atoms. The van der Waals surface area contributed by atoms with Crippen molar-refractivity contribution in [3.8, 4) is 5.75 Å². The molecule has 1 aliphatic rings. The van der Waals surface area contributed by atoms with Crippen molar-refractivity contribution in [2.75, 3.05) is 39.5 Å². The Kier molecular flexibility index (Phi) is 7.23. The van der Waals surface area contributed by atoms with Crippen LogP contribution in [0.25, 0.3) is 0 Å². The van der Waals surface area contributed by atoms with Crippen molar-refractivity contribution in [1.29, 1.82) is 0 Å². The van der Waals surface area contributed by atoms with Gasteiger partial charge in [-0.15, -0.1) is 0 Å². The minimum Gasteiger partial charge on any atom is -0.492 e. The Morgan fingerprint density at radius 1 is 1.03 bits per heavy atom. The molecule has 1 heterocycles. The molecule has 11 nitrogen and oxygen atoms in total. The van der Waals surface area contributed by atoms with Crippen LogP contribution in [0.15, 0.2) is 58.3 Å². The van der Waals surface area contributed by atoms with Crippen molar-refractivity contribution in [2.45, 2.75) is 9.79 Å². The molecule has 0 atom stereocenters. The fraction of sp³-hybridized carbons (Fsp3) is 0.333. The van der Waals surface area contributed by atoms with Crippen LogP contribution in [0.4, 0.5) is 5.69 Å². The number of nitro benzene ring substituents is 1. The number of hydrogen-bond donors (Lipinski definition) is 1. The van der Waals surface area contributed by atoms with Gasteiger partial charge in [0.25, 0.3) is 5.69 Å². The standard InChI is InChI=1S/C18H21N3O8S2/c22-21(23)15-2-1-3-18(14-15)30(24,25)19-8-11-29-16-4-6-17(7-5-16)31(26,27)20-9-12-28-13-10-20/h1-7,14,19H,8-13H2. The summed E-state index contributed by atoms with van der Waals surface area (Å²) >= 11 is 0. The maximum Gasteiger partial charge on any atom is 0.270 e. The van der Waals surface area contributed by atoms with Crippen molar-refractivity contribution < 1.29 is 31.2 Å². The summed E-state index contributed by atoms with van der Waals surface area (Å²) in [5.41, 5.74) is -0.328. The first-order valence-electron chi connectivity index (χ1n) is 9.25. The lowest BCUT2D eigenvalue weighted by Crippen LogP contribution is -2.40. The Morgan fingerprint density at radius 3 is 2.35 bits per heavy atom. The molecule has 0 amide bonds. The largest absolute Gasteiger partial charge is 0.492 e. The highest BCUT2D eigenvalue weighted by Crippen LogP contribution is 2.21. The molecule has 1 aliphatic heterocycles. The summed E-state index contributed by atoms with van der Waals surface area (Å²) in [4.78, 5) is 10.0. The second-order valence-corrected chi connectivity index (χ2v) is 10.2. The van der Waals surface area contributed by atoms with Crippen molar-refractivity contribution in [3.05, 3.63) is 58.6 Å². The van der Waals surface area contributed by atoms with E-state index in [9.17, 15) is 26.9 Å². The number of nitro groups is 1. The fourth-order valence-electron chi connectivity index (χ4n) is 2.84. The average molecular weight is 472 g/mol. The number of nitrogens with one attached hydrogen (secondary N) is 1. The molecule has 0 bridgehead atoms. The Morgan fingerprint density at radius 2 is 1.71 bits per heavy atom. The molecule has 0 saturated carbocycles. The van der Waals surface area contributed by atoms with E-state index in [1.54, 1.807) is 0 Å². The predicted octanol–water partition coefficient (Wildman–Crippen LogP) is 0.973. The summed E-state index contributed by atoms with van der Waals surface area (Å²) in [5.74, 6) is 0.371. The van der Waals surface area contributed by atoms with Crippen LogP contribution in [-0.2, 0) is 24.8 Å². The highest BCUT2D eigenvalue weighted by atomic mass is 32.2. The zero-order chi connectivity index (χ0) is 22.5. The van der Waals surface area contributed by atoms with E-state index in [-0.39, 0.29) is 28.6 Å². The van der Waals surface area contributed by atoms with Crippen LogP contribution in [0.2, 0.25) is 0 Å². The SMILES string of the molecule is O=[N+]([O-])c1cccc(S(=O)(=O)NCCOc2ccc(S(=O)(=O)N3CCOCC3)cc2)c1. The van der Waals surface area contributed by atoms with Crippen molar-refractivity contribution in [1.82, 2.24) is 9.03 Å².